The summed E-state index contributed by atoms with van der Waals surface area (Å²) in [6.07, 6.45) is 2.13. The minimum Gasteiger partial charge on any atom is -0.491 e. The van der Waals surface area contributed by atoms with Gasteiger partial charge in [-0.15, -0.1) is 6.58 Å². The minimum atomic E-state index is -0.843. The molecule has 0 saturated carbocycles. The molecule has 0 aliphatic rings. The summed E-state index contributed by atoms with van der Waals surface area (Å²) < 4.78 is 16.2. The first kappa shape index (κ1) is 19.5. The van der Waals surface area contributed by atoms with Gasteiger partial charge in [0.25, 0.3) is 0 Å². The van der Waals surface area contributed by atoms with Crippen LogP contribution in [0.5, 0.6) is 11.5 Å². The first-order valence-corrected chi connectivity index (χ1v) is 8.00. The highest BCUT2D eigenvalue weighted by atomic mass is 16.6. The highest BCUT2D eigenvalue weighted by molar-refractivity contribution is 5.41. The average Bonchev–Trinajstić information content (AvgIpc) is 2.50. The molecule has 0 saturated heterocycles. The molecule has 5 heteroatoms. The molecule has 0 spiro atoms. The van der Waals surface area contributed by atoms with Gasteiger partial charge in [-0.1, -0.05) is 19.9 Å². The molecule has 0 heterocycles. The number of hydrogen-bond donors (Lipinski definition) is 2. The predicted octanol–water partition coefficient (Wildman–Crippen LogP) is 2.53. The Morgan fingerprint density at radius 2 is 2.09 bits per heavy atom. The van der Waals surface area contributed by atoms with Gasteiger partial charge in [0, 0.05) is 31.7 Å². The summed E-state index contributed by atoms with van der Waals surface area (Å²) in [6, 6.07) is 5.95. The summed E-state index contributed by atoms with van der Waals surface area (Å²) in [7, 11) is 1.64. The molecule has 1 atom stereocenters. The SMILES string of the molecule is C=CCc1cc(OCCOC)ccc1OC(O)CCNC(C)C. The monoisotopic (exact) mass is 323 g/mol. The molecule has 2 N–H and O–H groups in total. The zero-order valence-corrected chi connectivity index (χ0v) is 14.4. The van der Waals surface area contributed by atoms with Crippen LogP contribution in [-0.2, 0) is 11.2 Å². The molecule has 0 aromatic heterocycles. The van der Waals surface area contributed by atoms with Gasteiger partial charge >= 0.3 is 0 Å². The van der Waals surface area contributed by atoms with E-state index in [0.717, 1.165) is 11.3 Å². The van der Waals surface area contributed by atoms with Crippen molar-refractivity contribution in [3.05, 3.63) is 36.4 Å². The van der Waals surface area contributed by atoms with Gasteiger partial charge in [0.15, 0.2) is 6.29 Å². The number of aliphatic hydroxyl groups excluding tert-OH is 1. The Morgan fingerprint density at radius 3 is 2.74 bits per heavy atom. The number of allylic oxidation sites excluding steroid dienone is 1. The molecule has 0 radical (unpaired) electrons. The number of benzene rings is 1. The maximum Gasteiger partial charge on any atom is 0.198 e. The number of hydrogen-bond acceptors (Lipinski definition) is 5. The number of methoxy groups -OCH3 is 1. The lowest BCUT2D eigenvalue weighted by Gasteiger charge is -2.18. The Labute approximate surface area is 139 Å². The molecule has 0 aliphatic heterocycles. The van der Waals surface area contributed by atoms with Gasteiger partial charge in [-0.2, -0.15) is 0 Å². The van der Waals surface area contributed by atoms with E-state index in [0.29, 0.717) is 44.4 Å². The average molecular weight is 323 g/mol. The van der Waals surface area contributed by atoms with Gasteiger partial charge < -0.3 is 24.6 Å². The van der Waals surface area contributed by atoms with E-state index >= 15 is 0 Å². The summed E-state index contributed by atoms with van der Waals surface area (Å²) in [5.74, 6) is 1.41. The van der Waals surface area contributed by atoms with E-state index in [1.54, 1.807) is 13.2 Å². The van der Waals surface area contributed by atoms with Gasteiger partial charge in [-0.25, -0.2) is 0 Å². The maximum atomic E-state index is 10.0. The smallest absolute Gasteiger partial charge is 0.198 e. The zero-order valence-electron chi connectivity index (χ0n) is 14.4. The molecule has 0 bridgehead atoms. The maximum absolute atomic E-state index is 10.0. The van der Waals surface area contributed by atoms with Crippen molar-refractivity contribution in [3.8, 4) is 11.5 Å². The van der Waals surface area contributed by atoms with E-state index in [1.165, 1.54) is 0 Å². The summed E-state index contributed by atoms with van der Waals surface area (Å²) >= 11 is 0. The molecule has 130 valence electrons. The summed E-state index contributed by atoms with van der Waals surface area (Å²) in [5, 5.41) is 13.3. The lowest BCUT2D eigenvalue weighted by molar-refractivity contribution is -0.0232. The summed E-state index contributed by atoms with van der Waals surface area (Å²) in [4.78, 5) is 0. The zero-order chi connectivity index (χ0) is 17.1. The van der Waals surface area contributed by atoms with E-state index in [2.05, 4.69) is 25.7 Å². The van der Waals surface area contributed by atoms with E-state index in [9.17, 15) is 5.11 Å². The third-order valence-corrected chi connectivity index (χ3v) is 3.16. The summed E-state index contributed by atoms with van der Waals surface area (Å²) in [5.41, 5.74) is 0.936. The van der Waals surface area contributed by atoms with Crippen LogP contribution < -0.4 is 14.8 Å². The molecule has 23 heavy (non-hydrogen) atoms. The molecule has 1 aromatic carbocycles. The fourth-order valence-corrected chi connectivity index (χ4v) is 2.02. The fraction of sp³-hybridized carbons (Fsp3) is 0.556. The highest BCUT2D eigenvalue weighted by Gasteiger charge is 2.11. The van der Waals surface area contributed by atoms with Crippen LogP contribution >= 0.6 is 0 Å². The first-order valence-electron chi connectivity index (χ1n) is 8.00. The second-order valence-electron chi connectivity index (χ2n) is 5.57. The normalized spacial score (nSPS) is 12.2. The van der Waals surface area contributed by atoms with Crippen LogP contribution in [0, 0.1) is 0 Å². The van der Waals surface area contributed by atoms with Crippen molar-refractivity contribution in [1.29, 1.82) is 0 Å². The minimum absolute atomic E-state index is 0.391. The highest BCUT2D eigenvalue weighted by Crippen LogP contribution is 2.26. The van der Waals surface area contributed by atoms with Crippen LogP contribution in [0.15, 0.2) is 30.9 Å². The first-order chi connectivity index (χ1) is 11.1. The Bertz CT molecular complexity index is 462. The van der Waals surface area contributed by atoms with Crippen molar-refractivity contribution in [1.82, 2.24) is 5.32 Å². The molecular weight excluding hydrogens is 294 g/mol. The Kier molecular flexibility index (Phi) is 9.36. The molecule has 0 aliphatic carbocycles. The molecule has 1 aromatic rings. The second kappa shape index (κ2) is 11.0. The van der Waals surface area contributed by atoms with Crippen molar-refractivity contribution in [3.63, 3.8) is 0 Å². The van der Waals surface area contributed by atoms with Crippen molar-refractivity contribution in [2.45, 2.75) is 39.0 Å². The van der Waals surface area contributed by atoms with Crippen LogP contribution in [-0.4, -0.2) is 44.3 Å². The molecule has 5 nitrogen and oxygen atoms in total. The van der Waals surface area contributed by atoms with E-state index in [-0.39, 0.29) is 0 Å². The van der Waals surface area contributed by atoms with E-state index in [4.69, 9.17) is 14.2 Å². The van der Waals surface area contributed by atoms with Gasteiger partial charge in [-0.05, 0) is 24.6 Å². The third-order valence-electron chi connectivity index (χ3n) is 3.16. The molecular formula is C18H29NO4. The van der Waals surface area contributed by atoms with E-state index in [1.807, 2.05) is 18.2 Å². The topological polar surface area (TPSA) is 60.0 Å². The van der Waals surface area contributed by atoms with Crippen molar-refractivity contribution >= 4 is 0 Å². The van der Waals surface area contributed by atoms with Crippen LogP contribution in [0.25, 0.3) is 0 Å². The van der Waals surface area contributed by atoms with Crippen molar-refractivity contribution < 1.29 is 19.3 Å². The molecule has 1 unspecified atom stereocenters. The van der Waals surface area contributed by atoms with Gasteiger partial charge in [0.1, 0.15) is 18.1 Å². The predicted molar refractivity (Wildman–Crippen MR) is 92.1 cm³/mol. The Balaban J connectivity index is 2.63. The van der Waals surface area contributed by atoms with Crippen LogP contribution in [0.3, 0.4) is 0 Å². The largest absolute Gasteiger partial charge is 0.491 e. The lowest BCUT2D eigenvalue weighted by atomic mass is 10.1. The Hall–Kier alpha value is -1.56. The van der Waals surface area contributed by atoms with Crippen LogP contribution in [0.1, 0.15) is 25.8 Å². The molecule has 1 rings (SSSR count). The number of nitrogens with one attached hydrogen (secondary N) is 1. The van der Waals surface area contributed by atoms with E-state index < -0.39 is 6.29 Å². The number of aliphatic hydroxyl groups is 1. The Morgan fingerprint density at radius 1 is 1.30 bits per heavy atom. The van der Waals surface area contributed by atoms with Gasteiger partial charge in [-0.3, -0.25) is 0 Å². The van der Waals surface area contributed by atoms with Crippen LogP contribution in [0.2, 0.25) is 0 Å². The van der Waals surface area contributed by atoms with Crippen molar-refractivity contribution in [2.75, 3.05) is 26.9 Å². The lowest BCUT2D eigenvalue weighted by Crippen LogP contribution is -2.28. The van der Waals surface area contributed by atoms with Gasteiger partial charge in [0.05, 0.1) is 6.61 Å². The summed E-state index contributed by atoms with van der Waals surface area (Å²) in [6.45, 7) is 9.63. The second-order valence-corrected chi connectivity index (χ2v) is 5.57. The number of rotatable bonds is 12. The fourth-order valence-electron chi connectivity index (χ4n) is 2.02. The quantitative estimate of drug-likeness (QED) is 0.352. The van der Waals surface area contributed by atoms with Crippen molar-refractivity contribution in [2.24, 2.45) is 0 Å². The third kappa shape index (κ3) is 8.02. The standard InChI is InChI=1S/C18H29NO4/c1-5-6-15-13-16(22-12-11-21-4)7-8-17(15)23-18(20)9-10-19-14(2)3/h5,7-8,13-14,18-20H,1,6,9-12H2,2-4H3. The number of ether oxygens (including phenoxy) is 3. The van der Waals surface area contributed by atoms with Crippen LogP contribution in [0.4, 0.5) is 0 Å². The molecule has 0 fully saturated rings. The molecule has 0 amide bonds. The van der Waals surface area contributed by atoms with Gasteiger partial charge in [0.2, 0.25) is 0 Å².